The fourth-order valence-electron chi connectivity index (χ4n) is 3.70. The van der Waals surface area contributed by atoms with Crippen molar-refractivity contribution in [3.63, 3.8) is 0 Å². The lowest BCUT2D eigenvalue weighted by atomic mass is 9.88. The highest BCUT2D eigenvalue weighted by atomic mass is 35.5. The molecular formula is C25H19Cl3N2O3. The number of esters is 1. The minimum Gasteiger partial charge on any atom is -0.465 e. The molecular weight excluding hydrogens is 483 g/mol. The first-order chi connectivity index (χ1) is 15.9. The van der Waals surface area contributed by atoms with Crippen LogP contribution in [0.5, 0.6) is 0 Å². The summed E-state index contributed by atoms with van der Waals surface area (Å²) in [6.45, 7) is 0.228. The van der Waals surface area contributed by atoms with Crippen molar-refractivity contribution in [2.75, 3.05) is 7.11 Å². The summed E-state index contributed by atoms with van der Waals surface area (Å²) in [5, 5.41) is 7.45. The molecule has 3 aromatic carbocycles. The van der Waals surface area contributed by atoms with Crippen molar-refractivity contribution in [3.05, 3.63) is 104 Å². The van der Waals surface area contributed by atoms with Crippen LogP contribution in [0.2, 0.25) is 15.1 Å². The predicted octanol–water partition coefficient (Wildman–Crippen LogP) is 6.35. The van der Waals surface area contributed by atoms with E-state index in [1.165, 1.54) is 12.1 Å². The Morgan fingerprint density at radius 1 is 1.03 bits per heavy atom. The quantitative estimate of drug-likeness (QED) is 0.383. The Morgan fingerprint density at radius 2 is 1.73 bits per heavy atom. The zero-order valence-electron chi connectivity index (χ0n) is 17.6. The minimum absolute atomic E-state index is 0.186. The van der Waals surface area contributed by atoms with Gasteiger partial charge in [-0.15, -0.1) is 0 Å². The maximum atomic E-state index is 13.5. The van der Waals surface area contributed by atoms with E-state index in [-0.39, 0.29) is 12.5 Å². The van der Waals surface area contributed by atoms with Crippen molar-refractivity contribution in [3.8, 4) is 0 Å². The van der Waals surface area contributed by atoms with E-state index in [0.29, 0.717) is 32.6 Å². The van der Waals surface area contributed by atoms with E-state index in [0.717, 1.165) is 16.8 Å². The van der Waals surface area contributed by atoms with Gasteiger partial charge in [-0.3, -0.25) is 4.79 Å². The van der Waals surface area contributed by atoms with Gasteiger partial charge in [-0.1, -0.05) is 71.2 Å². The molecule has 1 heterocycles. The average molecular weight is 502 g/mol. The number of halogens is 3. The van der Waals surface area contributed by atoms with Gasteiger partial charge in [0.25, 0.3) is 5.91 Å². The number of amides is 1. The monoisotopic (exact) mass is 500 g/mol. The fourth-order valence-corrected chi connectivity index (χ4v) is 4.26. The molecule has 168 valence electrons. The van der Waals surface area contributed by atoms with Crippen molar-refractivity contribution in [1.29, 1.82) is 0 Å². The topological polar surface area (TPSA) is 59.0 Å². The van der Waals surface area contributed by atoms with Crippen LogP contribution in [0.15, 0.2) is 71.8 Å². The van der Waals surface area contributed by atoms with Crippen LogP contribution in [0.25, 0.3) is 0 Å². The molecule has 4 rings (SSSR count). The summed E-state index contributed by atoms with van der Waals surface area (Å²) in [6.07, 6.45) is 0.373. The Hall–Kier alpha value is -2.86. The molecule has 1 atom stereocenters. The maximum absolute atomic E-state index is 13.5. The van der Waals surface area contributed by atoms with Gasteiger partial charge >= 0.3 is 5.97 Å². The van der Waals surface area contributed by atoms with E-state index >= 15 is 0 Å². The summed E-state index contributed by atoms with van der Waals surface area (Å²) in [6, 6.07) is 19.4. The van der Waals surface area contributed by atoms with Crippen LogP contribution < -0.4 is 0 Å². The van der Waals surface area contributed by atoms with E-state index in [2.05, 4.69) is 5.10 Å². The molecule has 5 nitrogen and oxygen atoms in total. The highest BCUT2D eigenvalue weighted by molar-refractivity contribution is 6.42. The molecule has 0 saturated carbocycles. The van der Waals surface area contributed by atoms with E-state index in [4.69, 9.17) is 39.5 Å². The van der Waals surface area contributed by atoms with Gasteiger partial charge in [-0.2, -0.15) is 5.10 Å². The number of ether oxygens (including phenoxy) is 1. The third-order valence-corrected chi connectivity index (χ3v) is 6.52. The Labute approximate surface area is 206 Å². The molecule has 0 bridgehead atoms. The molecule has 1 aliphatic rings. The van der Waals surface area contributed by atoms with Crippen molar-refractivity contribution in [2.24, 2.45) is 5.10 Å². The Bertz CT molecular complexity index is 1220. The summed E-state index contributed by atoms with van der Waals surface area (Å²) in [4.78, 5) is 25.2. The Balaban J connectivity index is 1.70. The second kappa shape index (κ2) is 9.96. The molecule has 1 amide bonds. The Morgan fingerprint density at radius 3 is 2.39 bits per heavy atom. The molecule has 0 saturated heterocycles. The third kappa shape index (κ3) is 5.06. The van der Waals surface area contributed by atoms with E-state index in [9.17, 15) is 9.59 Å². The van der Waals surface area contributed by atoms with Gasteiger partial charge in [0.2, 0.25) is 0 Å². The number of hydrogen-bond donors (Lipinski definition) is 0. The van der Waals surface area contributed by atoms with Gasteiger partial charge in [0.05, 0.1) is 40.9 Å². The molecule has 33 heavy (non-hydrogen) atoms. The summed E-state index contributed by atoms with van der Waals surface area (Å²) in [5.41, 5.74) is 3.49. The predicted molar refractivity (Wildman–Crippen MR) is 130 cm³/mol. The standard InChI is InChI=1S/C25H19Cl3N2O3/c1-33-25(32)17-7-5-15(6-8-17)14-30-24(31)20(19-3-2-4-21(27)23(19)28)13-22(29-30)16-9-11-18(26)12-10-16/h2-12,20H,13-14H2,1H3. The van der Waals surface area contributed by atoms with E-state index < -0.39 is 11.9 Å². The number of hydrogen-bond acceptors (Lipinski definition) is 4. The number of methoxy groups -OCH3 is 1. The van der Waals surface area contributed by atoms with Crippen LogP contribution in [0, 0.1) is 0 Å². The van der Waals surface area contributed by atoms with Crippen LogP contribution in [0.3, 0.4) is 0 Å². The summed E-state index contributed by atoms with van der Waals surface area (Å²) in [7, 11) is 1.33. The molecule has 0 spiro atoms. The lowest BCUT2D eigenvalue weighted by Gasteiger charge is -2.30. The highest BCUT2D eigenvalue weighted by Crippen LogP contribution is 2.37. The van der Waals surface area contributed by atoms with Crippen molar-refractivity contribution in [1.82, 2.24) is 5.01 Å². The summed E-state index contributed by atoms with van der Waals surface area (Å²) < 4.78 is 4.74. The average Bonchev–Trinajstić information content (AvgIpc) is 2.83. The molecule has 3 aromatic rings. The lowest BCUT2D eigenvalue weighted by Crippen LogP contribution is -2.37. The van der Waals surface area contributed by atoms with Crippen LogP contribution in [0.4, 0.5) is 0 Å². The maximum Gasteiger partial charge on any atom is 0.337 e. The summed E-state index contributed by atoms with van der Waals surface area (Å²) in [5.74, 6) is -1.16. The molecule has 0 aromatic heterocycles. The first-order valence-corrected chi connectivity index (χ1v) is 11.3. The van der Waals surface area contributed by atoms with E-state index in [1.54, 1.807) is 48.5 Å². The number of nitrogens with zero attached hydrogens (tertiary/aromatic N) is 2. The van der Waals surface area contributed by atoms with Crippen molar-refractivity contribution < 1.29 is 14.3 Å². The molecule has 0 N–H and O–H groups in total. The molecule has 8 heteroatoms. The molecule has 0 fully saturated rings. The SMILES string of the molecule is COC(=O)c1ccc(CN2N=C(c3ccc(Cl)cc3)CC(c3cccc(Cl)c3Cl)C2=O)cc1. The largest absolute Gasteiger partial charge is 0.465 e. The number of carbonyl (C=O) groups is 2. The van der Waals surface area contributed by atoms with Gasteiger partial charge in [-0.25, -0.2) is 9.80 Å². The van der Waals surface area contributed by atoms with Crippen LogP contribution >= 0.6 is 34.8 Å². The fraction of sp³-hybridized carbons (Fsp3) is 0.160. The first kappa shape index (κ1) is 23.3. The Kier molecular flexibility index (Phi) is 7.03. The van der Waals surface area contributed by atoms with Gasteiger partial charge in [-0.05, 0) is 47.0 Å². The number of carbonyl (C=O) groups excluding carboxylic acids is 2. The third-order valence-electron chi connectivity index (χ3n) is 5.43. The van der Waals surface area contributed by atoms with E-state index in [1.807, 2.05) is 18.2 Å². The smallest absolute Gasteiger partial charge is 0.337 e. The lowest BCUT2D eigenvalue weighted by molar-refractivity contribution is -0.134. The van der Waals surface area contributed by atoms with Crippen molar-refractivity contribution >= 4 is 52.4 Å². The minimum atomic E-state index is -0.547. The van der Waals surface area contributed by atoms with Gasteiger partial charge in [0.15, 0.2) is 0 Å². The summed E-state index contributed by atoms with van der Waals surface area (Å²) >= 11 is 18.8. The van der Waals surface area contributed by atoms with Crippen LogP contribution in [0.1, 0.15) is 39.4 Å². The molecule has 1 aliphatic heterocycles. The molecule has 0 aliphatic carbocycles. The van der Waals surface area contributed by atoms with Crippen LogP contribution in [-0.4, -0.2) is 29.7 Å². The van der Waals surface area contributed by atoms with Gasteiger partial charge in [0.1, 0.15) is 0 Å². The zero-order chi connectivity index (χ0) is 23.5. The van der Waals surface area contributed by atoms with Gasteiger partial charge < -0.3 is 4.74 Å². The normalized spacial score (nSPS) is 15.9. The van der Waals surface area contributed by atoms with Gasteiger partial charge in [0, 0.05) is 11.4 Å². The first-order valence-electron chi connectivity index (χ1n) is 10.1. The second-order valence-corrected chi connectivity index (χ2v) is 8.76. The number of hydrazone groups is 1. The zero-order valence-corrected chi connectivity index (χ0v) is 19.9. The second-order valence-electron chi connectivity index (χ2n) is 7.54. The number of rotatable bonds is 5. The number of benzene rings is 3. The van der Waals surface area contributed by atoms with Crippen molar-refractivity contribution in [2.45, 2.75) is 18.9 Å². The molecule has 0 radical (unpaired) electrons. The highest BCUT2D eigenvalue weighted by Gasteiger charge is 2.34. The molecule has 1 unspecified atom stereocenters. The van der Waals surface area contributed by atoms with Crippen LogP contribution in [-0.2, 0) is 16.1 Å².